The topological polar surface area (TPSA) is 93.1 Å². The number of nitrogens with one attached hydrogen (secondary N) is 1. The second-order valence-electron chi connectivity index (χ2n) is 9.62. The Bertz CT molecular complexity index is 1390. The Balaban J connectivity index is 1.70. The minimum absolute atomic E-state index is 0.0000853. The molecule has 6 radical (unpaired) electrons. The predicted molar refractivity (Wildman–Crippen MR) is 142 cm³/mol. The molecule has 0 aromatic carbocycles. The highest BCUT2D eigenvalue weighted by atomic mass is 19.4. The minimum atomic E-state index is -4.85. The Morgan fingerprint density at radius 3 is 2.44 bits per heavy atom. The monoisotopic (exact) mass is 566 g/mol. The quantitative estimate of drug-likeness (QED) is 0.347. The van der Waals surface area contributed by atoms with Crippen molar-refractivity contribution in [3.63, 3.8) is 0 Å². The molecule has 3 atom stereocenters. The van der Waals surface area contributed by atoms with Gasteiger partial charge in [-0.1, -0.05) is 5.11 Å². The molecule has 4 rings (SSSR count). The van der Waals surface area contributed by atoms with E-state index in [0.717, 1.165) is 0 Å². The van der Waals surface area contributed by atoms with E-state index in [1.807, 2.05) is 0 Å². The molecule has 16 heteroatoms. The average molecular weight is 566 g/mol. The van der Waals surface area contributed by atoms with Crippen molar-refractivity contribution in [1.29, 1.82) is 0 Å². The van der Waals surface area contributed by atoms with Gasteiger partial charge in [0.15, 0.2) is 5.82 Å². The van der Waals surface area contributed by atoms with E-state index in [2.05, 4.69) is 25.3 Å². The van der Waals surface area contributed by atoms with Crippen LogP contribution in [0.25, 0.3) is 11.4 Å². The SMILES string of the molecule is [B]C([B])([B])c1ccc(-c2ncccn2)c(C(=O)N2CC(C)O[C@@H](C)[C@H]2CNc2ncc(C(F)(F)F)cc2C(F)F)n1. The average Bonchev–Trinajstić information content (AvgIpc) is 2.90. The molecule has 1 aliphatic rings. The first-order valence-electron chi connectivity index (χ1n) is 12.4. The lowest BCUT2D eigenvalue weighted by Crippen LogP contribution is -2.58. The van der Waals surface area contributed by atoms with E-state index in [1.165, 1.54) is 29.4 Å². The van der Waals surface area contributed by atoms with Gasteiger partial charge < -0.3 is 15.0 Å². The van der Waals surface area contributed by atoms with E-state index in [-0.39, 0.29) is 35.9 Å². The minimum Gasteiger partial charge on any atom is -0.372 e. The summed E-state index contributed by atoms with van der Waals surface area (Å²) in [7, 11) is 17.5. The second-order valence-corrected chi connectivity index (χ2v) is 9.62. The van der Waals surface area contributed by atoms with Crippen molar-refractivity contribution in [1.82, 2.24) is 24.8 Å². The molecule has 1 N–H and O–H groups in total. The van der Waals surface area contributed by atoms with Crippen LogP contribution in [0.5, 0.6) is 0 Å². The summed E-state index contributed by atoms with van der Waals surface area (Å²) >= 11 is 0. The first-order chi connectivity index (χ1) is 19.2. The summed E-state index contributed by atoms with van der Waals surface area (Å²) in [6.07, 6.45) is -5.73. The molecule has 208 valence electrons. The van der Waals surface area contributed by atoms with E-state index in [0.29, 0.717) is 12.3 Å². The van der Waals surface area contributed by atoms with Crippen LogP contribution >= 0.6 is 0 Å². The number of alkyl halides is 5. The number of morpholine rings is 1. The largest absolute Gasteiger partial charge is 0.417 e. The van der Waals surface area contributed by atoms with Gasteiger partial charge >= 0.3 is 6.18 Å². The molecule has 0 bridgehead atoms. The molecule has 8 nitrogen and oxygen atoms in total. The molecule has 3 aromatic heterocycles. The van der Waals surface area contributed by atoms with Gasteiger partial charge in [-0.3, -0.25) is 4.79 Å². The number of amides is 1. The molecule has 1 unspecified atom stereocenters. The summed E-state index contributed by atoms with van der Waals surface area (Å²) in [5, 5.41) is 0.792. The summed E-state index contributed by atoms with van der Waals surface area (Å²) in [5.41, 5.74) is -2.10. The molecule has 1 fully saturated rings. The van der Waals surface area contributed by atoms with Crippen LogP contribution in [-0.2, 0) is 16.0 Å². The molecule has 1 amide bonds. The number of nitrogens with zero attached hydrogens (tertiary/aromatic N) is 5. The van der Waals surface area contributed by atoms with E-state index in [4.69, 9.17) is 28.3 Å². The number of carbonyl (C=O) groups excluding carboxylic acids is 1. The van der Waals surface area contributed by atoms with Crippen molar-refractivity contribution >= 4 is 35.3 Å². The summed E-state index contributed by atoms with van der Waals surface area (Å²) in [6.45, 7) is 3.29. The smallest absolute Gasteiger partial charge is 0.372 e. The zero-order chi connectivity index (χ0) is 30.1. The van der Waals surface area contributed by atoms with Crippen LogP contribution in [0.3, 0.4) is 0 Å². The van der Waals surface area contributed by atoms with Gasteiger partial charge in [0.05, 0.1) is 58.5 Å². The van der Waals surface area contributed by atoms with E-state index < -0.39 is 58.8 Å². The number of halogens is 5. The summed E-state index contributed by atoms with van der Waals surface area (Å²) in [5.74, 6) is -0.878. The van der Waals surface area contributed by atoms with Crippen LogP contribution in [-0.4, -0.2) is 85.6 Å². The van der Waals surface area contributed by atoms with E-state index in [1.54, 1.807) is 19.9 Å². The fourth-order valence-electron chi connectivity index (χ4n) is 4.45. The number of carbonyl (C=O) groups is 1. The lowest BCUT2D eigenvalue weighted by molar-refractivity contribution is -0.137. The zero-order valence-electron chi connectivity index (χ0n) is 21.9. The number of aromatic nitrogens is 4. The number of pyridine rings is 2. The van der Waals surface area contributed by atoms with Crippen molar-refractivity contribution < 1.29 is 31.5 Å². The molecule has 0 spiro atoms. The molecule has 1 aliphatic heterocycles. The first kappa shape index (κ1) is 30.4. The lowest BCUT2D eigenvalue weighted by atomic mass is 9.41. The van der Waals surface area contributed by atoms with Gasteiger partial charge in [-0.25, -0.2) is 28.7 Å². The molecular formula is C25H22B3F5N6O2. The summed E-state index contributed by atoms with van der Waals surface area (Å²) in [4.78, 5) is 31.8. The number of rotatable bonds is 7. The summed E-state index contributed by atoms with van der Waals surface area (Å²) in [6, 6.07) is 4.09. The van der Waals surface area contributed by atoms with Crippen molar-refractivity contribution in [2.24, 2.45) is 0 Å². The van der Waals surface area contributed by atoms with Gasteiger partial charge in [-0.05, 0) is 38.1 Å². The lowest BCUT2D eigenvalue weighted by Gasteiger charge is -2.43. The highest BCUT2D eigenvalue weighted by Crippen LogP contribution is 2.34. The van der Waals surface area contributed by atoms with Crippen LogP contribution in [0.4, 0.5) is 27.8 Å². The van der Waals surface area contributed by atoms with E-state index >= 15 is 0 Å². The predicted octanol–water partition coefficient (Wildman–Crippen LogP) is 3.24. The molecule has 3 aromatic rings. The number of anilines is 1. The molecule has 4 heterocycles. The van der Waals surface area contributed by atoms with Crippen LogP contribution in [0.15, 0.2) is 42.9 Å². The Kier molecular flexibility index (Phi) is 8.71. The Hall–Kier alpha value is -3.55. The van der Waals surface area contributed by atoms with Gasteiger partial charge in [-0.2, -0.15) is 13.2 Å². The Labute approximate surface area is 236 Å². The number of hydrogen-bond donors (Lipinski definition) is 1. The van der Waals surface area contributed by atoms with Crippen LogP contribution in [0.2, 0.25) is 0 Å². The molecule has 0 saturated carbocycles. The van der Waals surface area contributed by atoms with Crippen molar-refractivity contribution in [2.45, 2.75) is 49.8 Å². The maximum absolute atomic E-state index is 14.1. The van der Waals surface area contributed by atoms with Gasteiger partial charge in [0.2, 0.25) is 0 Å². The number of ether oxygens (including phenoxy) is 1. The van der Waals surface area contributed by atoms with Crippen LogP contribution in [0.1, 0.15) is 47.6 Å². The number of hydrogen-bond acceptors (Lipinski definition) is 7. The normalized spacial score (nSPS) is 19.8. The maximum Gasteiger partial charge on any atom is 0.417 e. The van der Waals surface area contributed by atoms with Gasteiger partial charge in [0.25, 0.3) is 12.3 Å². The second kappa shape index (κ2) is 11.7. The highest BCUT2D eigenvalue weighted by molar-refractivity contribution is 6.58. The third kappa shape index (κ3) is 6.86. The highest BCUT2D eigenvalue weighted by Gasteiger charge is 2.38. The molecular weight excluding hydrogens is 544 g/mol. The fourth-order valence-corrected chi connectivity index (χ4v) is 4.45. The molecule has 0 aliphatic carbocycles. The fraction of sp³-hybridized carbons (Fsp3) is 0.400. The van der Waals surface area contributed by atoms with Crippen LogP contribution < -0.4 is 5.32 Å². The Morgan fingerprint density at radius 1 is 1.15 bits per heavy atom. The standard InChI is InChI=1S/C25H22B3F5N6O2/c1-12-11-39(23(40)19-15(21-34-6-3-7-35-21)4-5-18(38-19)24(26,27)28)17(13(2)41-12)10-37-22-16(20(29)30)8-14(9-36-22)25(31,32)33/h3-9,12-13,17,20H,10-11H2,1-2H3,(H,36,37)/t12?,13-,17+/m0/s1. The van der Waals surface area contributed by atoms with Crippen molar-refractivity contribution in [2.75, 3.05) is 18.4 Å². The van der Waals surface area contributed by atoms with Gasteiger partial charge in [0.1, 0.15) is 11.5 Å². The van der Waals surface area contributed by atoms with Crippen LogP contribution in [0, 0.1) is 0 Å². The van der Waals surface area contributed by atoms with Crippen molar-refractivity contribution in [3.05, 3.63) is 65.4 Å². The van der Waals surface area contributed by atoms with Gasteiger partial charge in [0, 0.05) is 37.4 Å². The van der Waals surface area contributed by atoms with Gasteiger partial charge in [-0.15, -0.1) is 0 Å². The molecule has 41 heavy (non-hydrogen) atoms. The third-order valence-electron chi connectivity index (χ3n) is 6.41. The van der Waals surface area contributed by atoms with Crippen molar-refractivity contribution in [3.8, 4) is 11.4 Å². The zero-order valence-corrected chi connectivity index (χ0v) is 21.9. The third-order valence-corrected chi connectivity index (χ3v) is 6.41. The first-order valence-corrected chi connectivity index (χ1v) is 12.4. The molecule has 1 saturated heterocycles. The maximum atomic E-state index is 14.1. The van der Waals surface area contributed by atoms with E-state index in [9.17, 15) is 26.7 Å². The Morgan fingerprint density at radius 2 is 1.83 bits per heavy atom. The summed E-state index contributed by atoms with van der Waals surface area (Å²) < 4.78 is 72.5.